The van der Waals surface area contributed by atoms with Crippen LogP contribution in [0.15, 0.2) is 0 Å². The number of carbonyl (C=O) groups is 2. The number of thiophene rings is 1. The van der Waals surface area contributed by atoms with E-state index < -0.39 is 11.9 Å². The molecule has 0 saturated carbocycles. The van der Waals surface area contributed by atoms with Gasteiger partial charge in [0, 0.05) is 11.5 Å². The van der Waals surface area contributed by atoms with Crippen molar-refractivity contribution in [3.63, 3.8) is 0 Å². The molecule has 1 atom stereocenters. The quantitative estimate of drug-likeness (QED) is 0.805. The molecule has 1 amide bonds. The van der Waals surface area contributed by atoms with Crippen molar-refractivity contribution in [2.45, 2.75) is 33.1 Å². The van der Waals surface area contributed by atoms with Gasteiger partial charge in [0.1, 0.15) is 17.7 Å². The number of nitriles is 1. The molecule has 124 valence electrons. The minimum atomic E-state index is -0.582. The van der Waals surface area contributed by atoms with Gasteiger partial charge in [-0.25, -0.2) is 4.79 Å². The zero-order valence-corrected chi connectivity index (χ0v) is 14.1. The van der Waals surface area contributed by atoms with Crippen LogP contribution in [0, 0.1) is 17.2 Å². The second-order valence-corrected chi connectivity index (χ2v) is 6.62. The number of hydrogen-bond donors (Lipinski definition) is 1. The van der Waals surface area contributed by atoms with Crippen LogP contribution in [0.25, 0.3) is 0 Å². The largest absolute Gasteiger partial charge is 0.454 e. The lowest BCUT2D eigenvalue weighted by molar-refractivity contribution is -0.151. The third-order valence-electron chi connectivity index (χ3n) is 3.66. The van der Waals surface area contributed by atoms with Crippen LogP contribution in [0.3, 0.4) is 0 Å². The van der Waals surface area contributed by atoms with E-state index in [1.54, 1.807) is 6.92 Å². The standard InChI is InChI=1S/C16H20N2O4S/c1-3-21-9-15(20)22-8-14(19)18-16-12(7-17)11-5-4-10(2)6-13(11)23-16/h10H,3-6,8-9H2,1-2H3,(H,18,19)/t10-/m0/s1. The van der Waals surface area contributed by atoms with Gasteiger partial charge in [-0.1, -0.05) is 6.92 Å². The second-order valence-electron chi connectivity index (χ2n) is 5.51. The topological polar surface area (TPSA) is 88.4 Å². The van der Waals surface area contributed by atoms with E-state index in [1.165, 1.54) is 16.2 Å². The van der Waals surface area contributed by atoms with Crippen molar-refractivity contribution in [1.29, 1.82) is 5.26 Å². The van der Waals surface area contributed by atoms with E-state index >= 15 is 0 Å². The lowest BCUT2D eigenvalue weighted by Gasteiger charge is -2.17. The van der Waals surface area contributed by atoms with Gasteiger partial charge in [0.05, 0.1) is 5.56 Å². The maximum Gasteiger partial charge on any atom is 0.332 e. The van der Waals surface area contributed by atoms with E-state index in [-0.39, 0.29) is 13.2 Å². The Labute approximate surface area is 139 Å². The number of rotatable bonds is 6. The summed E-state index contributed by atoms with van der Waals surface area (Å²) in [6.07, 6.45) is 2.86. The van der Waals surface area contributed by atoms with Crippen molar-refractivity contribution >= 4 is 28.2 Å². The smallest absolute Gasteiger partial charge is 0.332 e. The average Bonchev–Trinajstić information content (AvgIpc) is 2.86. The van der Waals surface area contributed by atoms with Gasteiger partial charge in [-0.05, 0) is 37.7 Å². The molecule has 0 aromatic carbocycles. The Balaban J connectivity index is 1.96. The van der Waals surface area contributed by atoms with Crippen molar-refractivity contribution in [2.24, 2.45) is 5.92 Å². The molecule has 6 nitrogen and oxygen atoms in total. The molecule has 1 heterocycles. The fourth-order valence-electron chi connectivity index (χ4n) is 2.49. The molecule has 0 saturated heterocycles. The first kappa shape index (κ1) is 17.4. The highest BCUT2D eigenvalue weighted by Crippen LogP contribution is 2.39. The molecule has 1 aliphatic carbocycles. The third kappa shape index (κ3) is 4.53. The Morgan fingerprint density at radius 1 is 1.43 bits per heavy atom. The number of hydrogen-bond acceptors (Lipinski definition) is 6. The first-order valence-corrected chi connectivity index (χ1v) is 8.44. The SMILES string of the molecule is CCOCC(=O)OCC(=O)Nc1sc2c(c1C#N)CC[C@H](C)C2. The molecule has 0 bridgehead atoms. The molecule has 1 aromatic rings. The maximum absolute atomic E-state index is 11.9. The predicted molar refractivity (Wildman–Crippen MR) is 86.3 cm³/mol. The van der Waals surface area contributed by atoms with E-state index in [1.807, 2.05) is 0 Å². The first-order valence-electron chi connectivity index (χ1n) is 7.63. The summed E-state index contributed by atoms with van der Waals surface area (Å²) in [4.78, 5) is 24.4. The van der Waals surface area contributed by atoms with Gasteiger partial charge < -0.3 is 14.8 Å². The molecule has 1 aromatic heterocycles. The predicted octanol–water partition coefficient (Wildman–Crippen LogP) is 2.26. The van der Waals surface area contributed by atoms with Crippen LogP contribution in [-0.2, 0) is 31.9 Å². The highest BCUT2D eigenvalue weighted by Gasteiger charge is 2.24. The molecule has 7 heteroatoms. The second kappa shape index (κ2) is 8.09. The lowest BCUT2D eigenvalue weighted by atomic mass is 9.89. The fourth-order valence-corrected chi connectivity index (χ4v) is 3.87. The van der Waals surface area contributed by atoms with E-state index in [0.29, 0.717) is 23.1 Å². The Bertz CT molecular complexity index is 633. The molecule has 0 fully saturated rings. The van der Waals surface area contributed by atoms with Crippen molar-refractivity contribution in [1.82, 2.24) is 0 Å². The molecule has 0 spiro atoms. The van der Waals surface area contributed by atoms with Crippen LogP contribution in [0.5, 0.6) is 0 Å². The van der Waals surface area contributed by atoms with Crippen molar-refractivity contribution in [3.05, 3.63) is 16.0 Å². The normalized spacial score (nSPS) is 16.3. The molecule has 1 aliphatic rings. The van der Waals surface area contributed by atoms with Crippen LogP contribution in [0.1, 0.15) is 36.3 Å². The minimum Gasteiger partial charge on any atom is -0.454 e. The van der Waals surface area contributed by atoms with Gasteiger partial charge >= 0.3 is 5.97 Å². The number of anilines is 1. The van der Waals surface area contributed by atoms with E-state index in [9.17, 15) is 14.9 Å². The zero-order valence-electron chi connectivity index (χ0n) is 13.3. The van der Waals surface area contributed by atoms with Gasteiger partial charge in [0.15, 0.2) is 6.61 Å². The van der Waals surface area contributed by atoms with E-state index in [0.717, 1.165) is 24.8 Å². The number of amides is 1. The number of nitrogens with zero attached hydrogens (tertiary/aromatic N) is 1. The molecule has 23 heavy (non-hydrogen) atoms. The monoisotopic (exact) mass is 336 g/mol. The van der Waals surface area contributed by atoms with Gasteiger partial charge in [-0.15, -0.1) is 11.3 Å². The van der Waals surface area contributed by atoms with E-state index in [2.05, 4.69) is 18.3 Å². The fraction of sp³-hybridized carbons (Fsp3) is 0.562. The molecule has 0 radical (unpaired) electrons. The molecular formula is C16H20N2O4S. The summed E-state index contributed by atoms with van der Waals surface area (Å²) >= 11 is 1.45. The van der Waals surface area contributed by atoms with Crippen LogP contribution < -0.4 is 5.32 Å². The molecule has 1 N–H and O–H groups in total. The van der Waals surface area contributed by atoms with Crippen molar-refractivity contribution in [3.8, 4) is 6.07 Å². The Hall–Kier alpha value is -1.91. The Morgan fingerprint density at radius 2 is 2.22 bits per heavy atom. The first-order chi connectivity index (χ1) is 11.0. The average molecular weight is 336 g/mol. The van der Waals surface area contributed by atoms with Gasteiger partial charge in [-0.3, -0.25) is 4.79 Å². The van der Waals surface area contributed by atoms with Gasteiger partial charge in [0.25, 0.3) is 5.91 Å². The van der Waals surface area contributed by atoms with E-state index in [4.69, 9.17) is 9.47 Å². The summed E-state index contributed by atoms with van der Waals surface area (Å²) in [6, 6.07) is 2.18. The number of carbonyl (C=O) groups excluding carboxylic acids is 2. The van der Waals surface area contributed by atoms with Gasteiger partial charge in [-0.2, -0.15) is 5.26 Å². The number of fused-ring (bicyclic) bond motifs is 1. The highest BCUT2D eigenvalue weighted by atomic mass is 32.1. The summed E-state index contributed by atoms with van der Waals surface area (Å²) in [6.45, 7) is 3.81. The number of esters is 1. The molecule has 2 rings (SSSR count). The van der Waals surface area contributed by atoms with Crippen LogP contribution in [0.2, 0.25) is 0 Å². The van der Waals surface area contributed by atoms with Crippen LogP contribution in [0.4, 0.5) is 5.00 Å². The summed E-state index contributed by atoms with van der Waals surface area (Å²) < 4.78 is 9.72. The summed E-state index contributed by atoms with van der Waals surface area (Å²) in [7, 11) is 0. The zero-order chi connectivity index (χ0) is 16.8. The molecular weight excluding hydrogens is 316 g/mol. The van der Waals surface area contributed by atoms with Gasteiger partial charge in [0.2, 0.25) is 0 Å². The maximum atomic E-state index is 11.9. The lowest BCUT2D eigenvalue weighted by Crippen LogP contribution is -2.22. The third-order valence-corrected chi connectivity index (χ3v) is 4.83. The van der Waals surface area contributed by atoms with Crippen LogP contribution >= 0.6 is 11.3 Å². The Kier molecular flexibility index (Phi) is 6.13. The number of nitrogens with one attached hydrogen (secondary N) is 1. The highest BCUT2D eigenvalue weighted by molar-refractivity contribution is 7.16. The Morgan fingerprint density at radius 3 is 2.91 bits per heavy atom. The van der Waals surface area contributed by atoms with Crippen molar-refractivity contribution < 1.29 is 19.1 Å². The van der Waals surface area contributed by atoms with Crippen molar-refractivity contribution in [2.75, 3.05) is 25.1 Å². The summed E-state index contributed by atoms with van der Waals surface area (Å²) in [5.74, 6) is -0.435. The summed E-state index contributed by atoms with van der Waals surface area (Å²) in [5, 5.41) is 12.6. The number of ether oxygens (including phenoxy) is 2. The van der Waals surface area contributed by atoms with Crippen LogP contribution in [-0.4, -0.2) is 31.7 Å². The molecule has 0 unspecified atom stereocenters. The summed E-state index contributed by atoms with van der Waals surface area (Å²) in [5.41, 5.74) is 1.60. The molecule has 0 aliphatic heterocycles. The minimum absolute atomic E-state index is 0.168.